The summed E-state index contributed by atoms with van der Waals surface area (Å²) in [6.07, 6.45) is 0.154. The maximum Gasteiger partial charge on any atom is 0.412 e. The number of carboxylic acid groups (broad SMARTS) is 1. The van der Waals surface area contributed by atoms with Gasteiger partial charge in [0.25, 0.3) is 0 Å². The van der Waals surface area contributed by atoms with Crippen molar-refractivity contribution in [3.63, 3.8) is 0 Å². The fraction of sp³-hybridized carbons (Fsp3) is 0.0909. The lowest BCUT2D eigenvalue weighted by Crippen LogP contribution is -2.18. The van der Waals surface area contributed by atoms with Crippen molar-refractivity contribution in [2.75, 3.05) is 11.9 Å². The third kappa shape index (κ3) is 3.03. The Morgan fingerprint density at radius 1 is 1.39 bits per heavy atom. The minimum Gasteiger partial charge on any atom is -0.478 e. The van der Waals surface area contributed by atoms with Gasteiger partial charge in [0.2, 0.25) is 0 Å². The summed E-state index contributed by atoms with van der Waals surface area (Å²) in [4.78, 5) is 21.9. The molecule has 5 nitrogen and oxygen atoms in total. The molecule has 0 saturated heterocycles. The van der Waals surface area contributed by atoms with Gasteiger partial charge in [-0.1, -0.05) is 12.7 Å². The van der Waals surface area contributed by atoms with Crippen molar-refractivity contribution < 1.29 is 28.2 Å². The van der Waals surface area contributed by atoms with Crippen LogP contribution in [0.15, 0.2) is 24.8 Å². The van der Waals surface area contributed by atoms with E-state index in [-0.39, 0.29) is 6.61 Å². The smallest absolute Gasteiger partial charge is 0.412 e. The average molecular weight is 257 g/mol. The van der Waals surface area contributed by atoms with Gasteiger partial charge < -0.3 is 9.84 Å². The number of halogens is 2. The van der Waals surface area contributed by atoms with Crippen LogP contribution in [0.5, 0.6) is 0 Å². The average Bonchev–Trinajstić information content (AvgIpc) is 2.30. The number of carbonyl (C=O) groups is 2. The summed E-state index contributed by atoms with van der Waals surface area (Å²) < 4.78 is 31.1. The lowest BCUT2D eigenvalue weighted by Gasteiger charge is -2.10. The second-order valence-electron chi connectivity index (χ2n) is 3.10. The van der Waals surface area contributed by atoms with Crippen LogP contribution in [0.2, 0.25) is 0 Å². The highest BCUT2D eigenvalue weighted by molar-refractivity contribution is 5.99. The van der Waals surface area contributed by atoms with E-state index in [2.05, 4.69) is 11.3 Å². The van der Waals surface area contributed by atoms with Gasteiger partial charge in [0.05, 0.1) is 5.69 Å². The van der Waals surface area contributed by atoms with Gasteiger partial charge in [0.15, 0.2) is 0 Å². The number of carboxylic acids is 1. The van der Waals surface area contributed by atoms with E-state index in [0.717, 1.165) is 0 Å². The molecular weight excluding hydrogens is 248 g/mol. The number of hydrogen-bond donors (Lipinski definition) is 2. The topological polar surface area (TPSA) is 75.6 Å². The van der Waals surface area contributed by atoms with Gasteiger partial charge in [-0.25, -0.2) is 18.4 Å². The van der Waals surface area contributed by atoms with Crippen molar-refractivity contribution in [1.82, 2.24) is 0 Å². The van der Waals surface area contributed by atoms with Crippen LogP contribution in [0.4, 0.5) is 19.3 Å². The zero-order valence-electron chi connectivity index (χ0n) is 9.07. The van der Waals surface area contributed by atoms with Gasteiger partial charge in [-0.15, -0.1) is 0 Å². The lowest BCUT2D eigenvalue weighted by atomic mass is 10.1. The number of benzene rings is 1. The Morgan fingerprint density at radius 3 is 2.56 bits per heavy atom. The van der Waals surface area contributed by atoms with E-state index in [9.17, 15) is 18.4 Å². The van der Waals surface area contributed by atoms with Gasteiger partial charge in [0, 0.05) is 0 Å². The first-order valence-corrected chi connectivity index (χ1v) is 4.73. The van der Waals surface area contributed by atoms with Crippen molar-refractivity contribution >= 4 is 17.7 Å². The molecule has 2 N–H and O–H groups in total. The number of aromatic carboxylic acids is 1. The van der Waals surface area contributed by atoms with Gasteiger partial charge in [0.1, 0.15) is 23.8 Å². The minimum atomic E-state index is -1.70. The molecule has 0 fully saturated rings. The first-order valence-electron chi connectivity index (χ1n) is 4.73. The van der Waals surface area contributed by atoms with Gasteiger partial charge in [-0.2, -0.15) is 0 Å². The molecule has 0 aromatic heterocycles. The first-order chi connectivity index (χ1) is 8.47. The lowest BCUT2D eigenvalue weighted by molar-refractivity contribution is 0.0692. The normalized spacial score (nSPS) is 9.67. The molecule has 96 valence electrons. The van der Waals surface area contributed by atoms with Crippen molar-refractivity contribution in [3.8, 4) is 0 Å². The van der Waals surface area contributed by atoms with Gasteiger partial charge in [-0.3, -0.25) is 5.32 Å². The van der Waals surface area contributed by atoms with E-state index >= 15 is 0 Å². The van der Waals surface area contributed by atoms with E-state index in [1.165, 1.54) is 6.08 Å². The Labute approximate surface area is 101 Å². The molecule has 1 aromatic rings. The van der Waals surface area contributed by atoms with Crippen LogP contribution in [0.1, 0.15) is 10.4 Å². The summed E-state index contributed by atoms with van der Waals surface area (Å²) in [5.74, 6) is -3.95. The molecule has 18 heavy (non-hydrogen) atoms. The van der Waals surface area contributed by atoms with E-state index in [4.69, 9.17) is 5.11 Å². The molecule has 0 atom stereocenters. The van der Waals surface area contributed by atoms with Gasteiger partial charge in [-0.05, 0) is 12.1 Å². The zero-order valence-corrected chi connectivity index (χ0v) is 9.07. The van der Waals surface area contributed by atoms with Crippen LogP contribution in [-0.2, 0) is 4.74 Å². The quantitative estimate of drug-likeness (QED) is 0.812. The Bertz CT molecular complexity index is 502. The molecule has 1 rings (SSSR count). The highest BCUT2D eigenvalue weighted by Gasteiger charge is 2.21. The number of nitrogens with one attached hydrogen (secondary N) is 1. The van der Waals surface area contributed by atoms with Crippen molar-refractivity contribution in [2.45, 2.75) is 0 Å². The maximum absolute atomic E-state index is 13.4. The largest absolute Gasteiger partial charge is 0.478 e. The SMILES string of the molecule is C=CCOC(=O)Nc1c(F)ccc(F)c1C(=O)O. The molecule has 0 radical (unpaired) electrons. The van der Waals surface area contributed by atoms with Crippen LogP contribution in [0.25, 0.3) is 0 Å². The summed E-state index contributed by atoms with van der Waals surface area (Å²) in [6, 6.07) is 1.35. The second-order valence-corrected chi connectivity index (χ2v) is 3.10. The highest BCUT2D eigenvalue weighted by Crippen LogP contribution is 2.23. The van der Waals surface area contributed by atoms with Gasteiger partial charge >= 0.3 is 12.1 Å². The molecule has 0 heterocycles. The standard InChI is InChI=1S/C11H9F2NO4/c1-2-5-18-11(17)14-9-7(13)4-3-6(12)8(9)10(15)16/h2-4H,1,5H2,(H,14,17)(H,15,16). The van der Waals surface area contributed by atoms with E-state index < -0.39 is 34.9 Å². The number of ether oxygens (including phenoxy) is 1. The van der Waals surface area contributed by atoms with Crippen molar-refractivity contribution in [1.29, 1.82) is 0 Å². The number of anilines is 1. The van der Waals surface area contributed by atoms with Crippen LogP contribution in [0, 0.1) is 11.6 Å². The van der Waals surface area contributed by atoms with Crippen LogP contribution >= 0.6 is 0 Å². The summed E-state index contributed by atoms with van der Waals surface area (Å²) >= 11 is 0. The summed E-state index contributed by atoms with van der Waals surface area (Å²) in [5.41, 5.74) is -1.75. The van der Waals surface area contributed by atoms with E-state index in [1.807, 2.05) is 5.32 Å². The molecule has 0 saturated carbocycles. The third-order valence-corrected chi connectivity index (χ3v) is 1.88. The molecular formula is C11H9F2NO4. The maximum atomic E-state index is 13.4. The Morgan fingerprint density at radius 2 is 2.00 bits per heavy atom. The van der Waals surface area contributed by atoms with Crippen LogP contribution in [0.3, 0.4) is 0 Å². The number of rotatable bonds is 4. The predicted molar refractivity (Wildman–Crippen MR) is 58.5 cm³/mol. The Balaban J connectivity index is 3.07. The number of carbonyl (C=O) groups excluding carboxylic acids is 1. The molecule has 0 aliphatic carbocycles. The zero-order chi connectivity index (χ0) is 13.7. The molecule has 0 spiro atoms. The molecule has 1 amide bonds. The molecule has 1 aromatic carbocycles. The van der Waals surface area contributed by atoms with E-state index in [1.54, 1.807) is 0 Å². The second kappa shape index (κ2) is 5.76. The number of hydrogen-bond acceptors (Lipinski definition) is 3. The molecule has 0 aliphatic heterocycles. The van der Waals surface area contributed by atoms with Crippen molar-refractivity contribution in [3.05, 3.63) is 42.0 Å². The van der Waals surface area contributed by atoms with E-state index in [0.29, 0.717) is 12.1 Å². The fourth-order valence-corrected chi connectivity index (χ4v) is 1.16. The first kappa shape index (κ1) is 13.6. The summed E-state index contributed by atoms with van der Waals surface area (Å²) in [5, 5.41) is 10.6. The Hall–Kier alpha value is -2.44. The monoisotopic (exact) mass is 257 g/mol. The third-order valence-electron chi connectivity index (χ3n) is 1.88. The van der Waals surface area contributed by atoms with Crippen molar-refractivity contribution in [2.24, 2.45) is 0 Å². The van der Waals surface area contributed by atoms with Crippen LogP contribution < -0.4 is 5.32 Å². The Kier molecular flexibility index (Phi) is 4.36. The molecule has 0 aliphatic rings. The number of amides is 1. The highest BCUT2D eigenvalue weighted by atomic mass is 19.1. The summed E-state index contributed by atoms with van der Waals surface area (Å²) in [6.45, 7) is 3.14. The minimum absolute atomic E-state index is 0.148. The molecule has 0 unspecified atom stereocenters. The van der Waals surface area contributed by atoms with Crippen LogP contribution in [-0.4, -0.2) is 23.8 Å². The molecule has 7 heteroatoms. The predicted octanol–water partition coefficient (Wildman–Crippen LogP) is 2.40. The molecule has 0 bridgehead atoms. The summed E-state index contributed by atoms with van der Waals surface area (Å²) in [7, 11) is 0. The fourth-order valence-electron chi connectivity index (χ4n) is 1.16.